The lowest BCUT2D eigenvalue weighted by molar-refractivity contribution is -0.106. The van der Waals surface area contributed by atoms with Crippen LogP contribution in [-0.2, 0) is 11.3 Å². The Balaban J connectivity index is 0.00000256. The van der Waals surface area contributed by atoms with Crippen molar-refractivity contribution in [2.45, 2.75) is 64.8 Å². The molecule has 3 unspecified atom stereocenters. The average molecular weight is 547 g/mol. The van der Waals surface area contributed by atoms with Gasteiger partial charge >= 0.3 is 0 Å². The molecule has 4 rings (SSSR count). The monoisotopic (exact) mass is 546 g/mol. The maximum Gasteiger partial charge on any atom is 0.191 e. The molecule has 0 amide bonds. The summed E-state index contributed by atoms with van der Waals surface area (Å²) in [7, 11) is 0. The van der Waals surface area contributed by atoms with Crippen molar-refractivity contribution in [3.8, 4) is 0 Å². The number of rotatable bonds is 5. The Kier molecular flexibility index (Phi) is 8.32. The molecule has 0 aromatic heterocycles. The zero-order chi connectivity index (χ0) is 20.4. The molecule has 7 heteroatoms. The maximum atomic E-state index is 6.00. The molecule has 3 atom stereocenters. The fraction of sp³-hybridized carbons (Fsp3) is 0.696. The second-order valence-electron chi connectivity index (χ2n) is 9.33. The zero-order valence-electron chi connectivity index (χ0n) is 18.4. The number of aliphatic imine (C=N–C) groups is 1. The lowest BCUT2D eigenvalue weighted by Crippen LogP contribution is -2.68. The Morgan fingerprint density at radius 1 is 1.17 bits per heavy atom. The van der Waals surface area contributed by atoms with Crippen LogP contribution in [0.3, 0.4) is 0 Å². The lowest BCUT2D eigenvalue weighted by atomic mass is 9.57. The second-order valence-corrected chi connectivity index (χ2v) is 9.77. The average Bonchev–Trinajstić information content (AvgIpc) is 3.17. The lowest BCUT2D eigenvalue weighted by Gasteiger charge is -2.55. The first kappa shape index (κ1) is 24.1. The molecule has 3 aliphatic rings. The van der Waals surface area contributed by atoms with Gasteiger partial charge in [-0.2, -0.15) is 0 Å². The Bertz CT molecular complexity index is 718. The number of hydrogen-bond acceptors (Lipinski definition) is 3. The number of likely N-dealkylation sites (tertiary alicyclic amines) is 1. The van der Waals surface area contributed by atoms with Crippen LogP contribution in [0.25, 0.3) is 0 Å². The molecule has 3 fully saturated rings. The van der Waals surface area contributed by atoms with E-state index in [4.69, 9.17) is 21.3 Å². The molecule has 2 aliphatic heterocycles. The van der Waals surface area contributed by atoms with Crippen molar-refractivity contribution in [1.29, 1.82) is 0 Å². The van der Waals surface area contributed by atoms with Crippen LogP contribution in [-0.4, -0.2) is 55.3 Å². The normalized spacial score (nSPS) is 28.9. The van der Waals surface area contributed by atoms with Crippen molar-refractivity contribution in [2.24, 2.45) is 16.3 Å². The van der Waals surface area contributed by atoms with Gasteiger partial charge < -0.3 is 15.4 Å². The molecule has 0 radical (unpaired) electrons. The number of ether oxygens (including phenoxy) is 1. The predicted molar refractivity (Wildman–Crippen MR) is 135 cm³/mol. The SMILES string of the molecule is CCN=C(NC1CCN(Cc2ccc(Cl)cc2)CC1)NC1C2CCOC2C1(C)C.I. The third-order valence-electron chi connectivity index (χ3n) is 6.96. The van der Waals surface area contributed by atoms with Gasteiger partial charge in [0.15, 0.2) is 5.96 Å². The highest BCUT2D eigenvalue weighted by atomic mass is 127. The summed E-state index contributed by atoms with van der Waals surface area (Å²) < 4.78 is 5.94. The molecule has 30 heavy (non-hydrogen) atoms. The first-order valence-electron chi connectivity index (χ1n) is 11.1. The molecule has 0 spiro atoms. The molecule has 5 nitrogen and oxygen atoms in total. The fourth-order valence-corrected chi connectivity index (χ4v) is 5.46. The Labute approximate surface area is 203 Å². The van der Waals surface area contributed by atoms with Crippen molar-refractivity contribution < 1.29 is 4.74 Å². The van der Waals surface area contributed by atoms with Crippen molar-refractivity contribution >= 4 is 41.5 Å². The van der Waals surface area contributed by atoms with Crippen LogP contribution in [0.4, 0.5) is 0 Å². The number of halogens is 2. The number of hydrogen-bond donors (Lipinski definition) is 2. The van der Waals surface area contributed by atoms with Gasteiger partial charge in [0.05, 0.1) is 6.10 Å². The molecule has 0 bridgehead atoms. The number of guanidine groups is 1. The summed E-state index contributed by atoms with van der Waals surface area (Å²) in [6.45, 7) is 11.6. The standard InChI is InChI=1S/C23H35ClN4O.HI/c1-4-25-22(27-20-19-11-14-29-21(19)23(20,2)3)26-18-9-12-28(13-10-18)15-16-5-7-17(24)8-6-16;/h5-8,18-21H,4,9-15H2,1-3H3,(H2,25,26,27);1H. The molecule has 1 aromatic rings. The van der Waals surface area contributed by atoms with Gasteiger partial charge in [0, 0.05) is 61.2 Å². The summed E-state index contributed by atoms with van der Waals surface area (Å²) in [6.07, 6.45) is 3.84. The predicted octanol–water partition coefficient (Wildman–Crippen LogP) is 4.29. The van der Waals surface area contributed by atoms with Crippen molar-refractivity contribution in [3.63, 3.8) is 0 Å². The topological polar surface area (TPSA) is 48.9 Å². The molecule has 168 valence electrons. The van der Waals surface area contributed by atoms with Crippen LogP contribution in [0.5, 0.6) is 0 Å². The minimum atomic E-state index is 0. The van der Waals surface area contributed by atoms with Gasteiger partial charge in [0.2, 0.25) is 0 Å². The minimum absolute atomic E-state index is 0. The fourth-order valence-electron chi connectivity index (χ4n) is 5.33. The molecule has 1 aliphatic carbocycles. The maximum absolute atomic E-state index is 6.00. The minimum Gasteiger partial charge on any atom is -0.377 e. The quantitative estimate of drug-likeness (QED) is 0.329. The number of benzene rings is 1. The van der Waals surface area contributed by atoms with E-state index in [9.17, 15) is 0 Å². The Hall–Kier alpha value is -0.570. The van der Waals surface area contributed by atoms with E-state index < -0.39 is 0 Å². The van der Waals surface area contributed by atoms with Gasteiger partial charge in [-0.05, 0) is 43.9 Å². The van der Waals surface area contributed by atoms with E-state index in [2.05, 4.69) is 48.4 Å². The van der Waals surface area contributed by atoms with E-state index in [0.29, 0.717) is 24.1 Å². The largest absolute Gasteiger partial charge is 0.377 e. The number of nitrogens with zero attached hydrogens (tertiary/aromatic N) is 2. The van der Waals surface area contributed by atoms with E-state index in [1.165, 1.54) is 5.56 Å². The molecular weight excluding hydrogens is 511 g/mol. The molecule has 2 saturated heterocycles. The summed E-state index contributed by atoms with van der Waals surface area (Å²) in [4.78, 5) is 7.27. The third kappa shape index (κ3) is 5.25. The van der Waals surface area contributed by atoms with Crippen LogP contribution < -0.4 is 10.6 Å². The number of fused-ring (bicyclic) bond motifs is 1. The summed E-state index contributed by atoms with van der Waals surface area (Å²) in [6, 6.07) is 9.13. The summed E-state index contributed by atoms with van der Waals surface area (Å²) >= 11 is 6.00. The highest BCUT2D eigenvalue weighted by molar-refractivity contribution is 14.0. The summed E-state index contributed by atoms with van der Waals surface area (Å²) in [5.74, 6) is 1.60. The smallest absolute Gasteiger partial charge is 0.191 e. The first-order valence-corrected chi connectivity index (χ1v) is 11.5. The summed E-state index contributed by atoms with van der Waals surface area (Å²) in [5.41, 5.74) is 1.50. The van der Waals surface area contributed by atoms with Gasteiger partial charge in [-0.15, -0.1) is 24.0 Å². The van der Waals surface area contributed by atoms with E-state index in [1.807, 2.05) is 12.1 Å². The van der Waals surface area contributed by atoms with Crippen molar-refractivity contribution in [1.82, 2.24) is 15.5 Å². The number of piperidine rings is 1. The Morgan fingerprint density at radius 3 is 2.53 bits per heavy atom. The summed E-state index contributed by atoms with van der Waals surface area (Å²) in [5, 5.41) is 8.27. The molecule has 2 heterocycles. The van der Waals surface area contributed by atoms with E-state index >= 15 is 0 Å². The number of nitrogens with one attached hydrogen (secondary N) is 2. The second kappa shape index (κ2) is 10.4. The first-order chi connectivity index (χ1) is 14.0. The Morgan fingerprint density at radius 2 is 1.87 bits per heavy atom. The molecular formula is C23H36ClIN4O. The van der Waals surface area contributed by atoms with Crippen LogP contribution >= 0.6 is 35.6 Å². The van der Waals surface area contributed by atoms with Gasteiger partial charge in [-0.3, -0.25) is 9.89 Å². The highest BCUT2D eigenvalue weighted by Gasteiger charge is 2.59. The van der Waals surface area contributed by atoms with Gasteiger partial charge in [-0.25, -0.2) is 0 Å². The van der Waals surface area contributed by atoms with Gasteiger partial charge in [0.1, 0.15) is 0 Å². The van der Waals surface area contributed by atoms with Crippen molar-refractivity contribution in [2.75, 3.05) is 26.2 Å². The van der Waals surface area contributed by atoms with Gasteiger partial charge in [-0.1, -0.05) is 37.6 Å². The van der Waals surface area contributed by atoms with Crippen LogP contribution in [0.2, 0.25) is 5.02 Å². The van der Waals surface area contributed by atoms with Crippen LogP contribution in [0.15, 0.2) is 29.3 Å². The molecule has 1 saturated carbocycles. The molecule has 1 aromatic carbocycles. The molecule has 2 N–H and O–H groups in total. The zero-order valence-corrected chi connectivity index (χ0v) is 21.5. The van der Waals surface area contributed by atoms with E-state index in [-0.39, 0.29) is 29.4 Å². The van der Waals surface area contributed by atoms with E-state index in [0.717, 1.165) is 63.0 Å². The third-order valence-corrected chi connectivity index (χ3v) is 7.21. The van der Waals surface area contributed by atoms with Crippen LogP contribution in [0, 0.1) is 11.3 Å². The van der Waals surface area contributed by atoms with E-state index in [1.54, 1.807) is 0 Å². The highest BCUT2D eigenvalue weighted by Crippen LogP contribution is 2.52. The van der Waals surface area contributed by atoms with Gasteiger partial charge in [0.25, 0.3) is 0 Å². The van der Waals surface area contributed by atoms with Crippen molar-refractivity contribution in [3.05, 3.63) is 34.9 Å². The van der Waals surface area contributed by atoms with Crippen LogP contribution in [0.1, 0.15) is 45.6 Å².